The van der Waals surface area contributed by atoms with Crippen LogP contribution >= 0.6 is 0 Å². The van der Waals surface area contributed by atoms with Crippen molar-refractivity contribution in [3.63, 3.8) is 0 Å². The number of hydrogen-bond acceptors (Lipinski definition) is 4. The van der Waals surface area contributed by atoms with Crippen LogP contribution in [0, 0.1) is 18.6 Å². The molecule has 50 heavy (non-hydrogen) atoms. The number of nitrogens with zero attached hydrogens (tertiary/aromatic N) is 3. The minimum atomic E-state index is -4.78. The third-order valence-electron chi connectivity index (χ3n) is 9.20. The highest BCUT2D eigenvalue weighted by molar-refractivity contribution is 6.10. The first kappa shape index (κ1) is 33.3. The van der Waals surface area contributed by atoms with E-state index in [2.05, 4.69) is 10.3 Å². The number of pyridine rings is 1. The number of aromatic nitrogens is 3. The van der Waals surface area contributed by atoms with E-state index in [9.17, 15) is 31.5 Å². The normalized spacial score (nSPS) is 15.9. The van der Waals surface area contributed by atoms with Crippen molar-refractivity contribution in [2.24, 2.45) is 7.05 Å². The fraction of sp³-hybridized carbons (Fsp3) is 0.286. The number of halogens is 7. The van der Waals surface area contributed by atoms with E-state index in [0.29, 0.717) is 16.9 Å². The molecule has 3 N–H and O–H groups in total. The van der Waals surface area contributed by atoms with Gasteiger partial charge in [-0.1, -0.05) is 6.07 Å². The second-order valence-corrected chi connectivity index (χ2v) is 12.5. The molecule has 7 rings (SSSR count). The Balaban J connectivity index is 1.21. The molecule has 15 heteroatoms. The zero-order valence-electron chi connectivity index (χ0n) is 26.6. The maximum Gasteiger partial charge on any atom is 0.417 e. The average Bonchev–Trinajstić information content (AvgIpc) is 3.54. The van der Waals surface area contributed by atoms with Crippen molar-refractivity contribution < 1.29 is 50.4 Å². The van der Waals surface area contributed by atoms with Crippen LogP contribution in [-0.4, -0.2) is 50.8 Å². The summed E-state index contributed by atoms with van der Waals surface area (Å²) in [4.78, 5) is 30.6. The first-order valence-corrected chi connectivity index (χ1v) is 15.7. The molecule has 4 heterocycles. The van der Waals surface area contributed by atoms with Crippen LogP contribution in [0.25, 0.3) is 27.7 Å². The van der Waals surface area contributed by atoms with Crippen LogP contribution in [0.3, 0.4) is 0 Å². The SMILES string of the molecule is Cc1nc2c3c(c(C(F)(F)F)cc2n1C)-c1cccn2c(C(=O)c4cc(F)c(NC(=O)/C=C/C[NH2+]C5CC(F)(F)C5)c(F)c4)cc(c12)CCO3. The summed E-state index contributed by atoms with van der Waals surface area (Å²) in [5.74, 6) is -6.37. The highest BCUT2D eigenvalue weighted by Crippen LogP contribution is 2.48. The maximum atomic E-state index is 15.2. The highest BCUT2D eigenvalue weighted by atomic mass is 19.4. The molecule has 5 aromatic rings. The number of aryl methyl sites for hydroxylation is 2. The van der Waals surface area contributed by atoms with Gasteiger partial charge in [0.05, 0.1) is 54.3 Å². The molecule has 0 atom stereocenters. The molecular formula is C35H29F7N5O3+. The van der Waals surface area contributed by atoms with Crippen molar-refractivity contribution in [2.75, 3.05) is 18.5 Å². The number of hydrogen-bond donors (Lipinski definition) is 2. The van der Waals surface area contributed by atoms with Crippen molar-refractivity contribution in [1.29, 1.82) is 0 Å². The van der Waals surface area contributed by atoms with Gasteiger partial charge in [-0.2, -0.15) is 13.2 Å². The molecular weight excluding hydrogens is 671 g/mol. The van der Waals surface area contributed by atoms with E-state index in [1.807, 2.05) is 0 Å². The molecule has 0 spiro atoms. The molecule has 0 radical (unpaired) electrons. The van der Waals surface area contributed by atoms with Gasteiger partial charge in [0.2, 0.25) is 11.7 Å². The average molecular weight is 701 g/mol. The molecule has 8 nitrogen and oxygen atoms in total. The predicted molar refractivity (Wildman–Crippen MR) is 168 cm³/mol. The smallest absolute Gasteiger partial charge is 0.417 e. The highest BCUT2D eigenvalue weighted by Gasteiger charge is 2.47. The van der Waals surface area contributed by atoms with Crippen LogP contribution in [0.15, 0.2) is 54.7 Å². The number of carbonyl (C=O) groups is 2. The van der Waals surface area contributed by atoms with E-state index in [4.69, 9.17) is 4.74 Å². The van der Waals surface area contributed by atoms with E-state index in [1.54, 1.807) is 23.9 Å². The van der Waals surface area contributed by atoms with Gasteiger partial charge in [0.1, 0.15) is 28.7 Å². The number of alkyl halides is 5. The van der Waals surface area contributed by atoms with Gasteiger partial charge in [0.15, 0.2) is 5.75 Å². The van der Waals surface area contributed by atoms with Crippen LogP contribution in [-0.2, 0) is 24.4 Å². The van der Waals surface area contributed by atoms with Crippen LogP contribution in [0.5, 0.6) is 5.75 Å². The molecule has 0 saturated heterocycles. The summed E-state index contributed by atoms with van der Waals surface area (Å²) in [5.41, 5.74) is -1.00. The quantitative estimate of drug-likeness (QED) is 0.122. The summed E-state index contributed by atoms with van der Waals surface area (Å²) in [6.07, 6.45) is -1.22. The lowest BCUT2D eigenvalue weighted by Gasteiger charge is -2.32. The summed E-state index contributed by atoms with van der Waals surface area (Å²) in [7, 11) is 1.61. The number of anilines is 1. The Labute approximate surface area is 279 Å². The molecule has 2 aliphatic rings. The monoisotopic (exact) mass is 700 g/mol. The van der Waals surface area contributed by atoms with Gasteiger partial charge in [-0.15, -0.1) is 0 Å². The van der Waals surface area contributed by atoms with Crippen molar-refractivity contribution in [3.05, 3.63) is 94.6 Å². The van der Waals surface area contributed by atoms with Crippen molar-refractivity contribution in [2.45, 2.75) is 44.3 Å². The molecule has 0 unspecified atom stereocenters. The number of amides is 1. The number of benzene rings is 2. The van der Waals surface area contributed by atoms with Gasteiger partial charge >= 0.3 is 6.18 Å². The summed E-state index contributed by atoms with van der Waals surface area (Å²) in [5, 5.41) is 3.72. The maximum absolute atomic E-state index is 15.2. The summed E-state index contributed by atoms with van der Waals surface area (Å²) >= 11 is 0. The summed E-state index contributed by atoms with van der Waals surface area (Å²) < 4.78 is 109. The minimum absolute atomic E-state index is 0.0378. The molecule has 0 bridgehead atoms. The molecule has 1 fully saturated rings. The van der Waals surface area contributed by atoms with E-state index in [-0.39, 0.29) is 72.1 Å². The number of imidazole rings is 1. The van der Waals surface area contributed by atoms with Crippen molar-refractivity contribution >= 4 is 33.9 Å². The minimum Gasteiger partial charge on any atom is -0.490 e. The third kappa shape index (κ3) is 5.78. The number of nitrogens with two attached hydrogens (primary N) is 1. The topological polar surface area (TPSA) is 94.2 Å². The van der Waals surface area contributed by atoms with E-state index >= 15 is 8.78 Å². The van der Waals surface area contributed by atoms with E-state index in [1.165, 1.54) is 34.9 Å². The predicted octanol–water partition coefficient (Wildman–Crippen LogP) is 6.12. The summed E-state index contributed by atoms with van der Waals surface area (Å²) in [6, 6.07) is 6.70. The first-order chi connectivity index (χ1) is 23.6. The molecule has 2 aromatic carbocycles. The second-order valence-electron chi connectivity index (χ2n) is 12.5. The molecule has 1 aliphatic carbocycles. The van der Waals surface area contributed by atoms with Gasteiger partial charge < -0.3 is 24.3 Å². The molecule has 1 saturated carbocycles. The lowest BCUT2D eigenvalue weighted by atomic mass is 9.88. The van der Waals surface area contributed by atoms with Gasteiger partial charge in [0.25, 0.3) is 5.92 Å². The lowest BCUT2D eigenvalue weighted by Crippen LogP contribution is -2.93. The van der Waals surface area contributed by atoms with Crippen molar-refractivity contribution in [1.82, 2.24) is 14.0 Å². The Kier molecular flexibility index (Phi) is 8.00. The van der Waals surface area contributed by atoms with E-state index in [0.717, 1.165) is 24.3 Å². The molecule has 1 aliphatic heterocycles. The number of carbonyl (C=O) groups excluding carboxylic acids is 2. The molecule has 1 amide bonds. The Hall–Kier alpha value is -5.18. The Morgan fingerprint density at radius 2 is 1.86 bits per heavy atom. The number of rotatable bonds is 7. The zero-order chi connectivity index (χ0) is 35.7. The zero-order valence-corrected chi connectivity index (χ0v) is 26.6. The van der Waals surface area contributed by atoms with Crippen LogP contribution < -0.4 is 15.4 Å². The number of ketones is 1. The summed E-state index contributed by atoms with van der Waals surface area (Å²) in [6.45, 7) is 1.84. The number of quaternary nitrogens is 1. The van der Waals surface area contributed by atoms with Gasteiger partial charge in [-0.05, 0) is 48.9 Å². The Morgan fingerprint density at radius 1 is 1.14 bits per heavy atom. The fourth-order valence-corrected chi connectivity index (χ4v) is 6.67. The second kappa shape index (κ2) is 12.0. The van der Waals surface area contributed by atoms with Gasteiger partial charge in [0, 0.05) is 42.4 Å². The van der Waals surface area contributed by atoms with Crippen LogP contribution in [0.4, 0.5) is 36.4 Å². The van der Waals surface area contributed by atoms with Crippen LogP contribution in [0.2, 0.25) is 0 Å². The van der Waals surface area contributed by atoms with Crippen molar-refractivity contribution in [3.8, 4) is 16.9 Å². The first-order valence-electron chi connectivity index (χ1n) is 15.7. The standard InChI is InChI=1S/C35H28F7N5O3/c1-17-44-30-25(46(17)2)14-22(35(40,41)42)28-21-5-4-9-47-26(13-18(31(21)47)7-10-50-33(28)30)32(49)19-11-23(36)29(24(37)12-19)45-27(48)6-3-8-43-20-15-34(38,39)16-20/h3-6,9,11-14,20,43H,7-8,10,15-16H2,1-2H3,(H,45,48)/p+1/b6-3+. The van der Waals surface area contributed by atoms with Gasteiger partial charge in [-0.25, -0.2) is 22.5 Å². The number of fused-ring (bicyclic) bond motifs is 4. The number of ether oxygens (including phenoxy) is 1. The lowest BCUT2D eigenvalue weighted by molar-refractivity contribution is -0.699. The molecule has 260 valence electrons. The van der Waals surface area contributed by atoms with Gasteiger partial charge in [-0.3, -0.25) is 9.59 Å². The Morgan fingerprint density at radius 3 is 2.54 bits per heavy atom. The van der Waals surface area contributed by atoms with Crippen LogP contribution in [0.1, 0.15) is 45.8 Å². The number of nitrogens with one attached hydrogen (secondary N) is 1. The third-order valence-corrected chi connectivity index (χ3v) is 9.20. The molecule has 3 aromatic heterocycles. The largest absolute Gasteiger partial charge is 0.490 e. The Bertz CT molecular complexity index is 2220. The fourth-order valence-electron chi connectivity index (χ4n) is 6.67. The van der Waals surface area contributed by atoms with E-state index < -0.39 is 52.2 Å².